The van der Waals surface area contributed by atoms with Gasteiger partial charge >= 0.3 is 5.97 Å². The van der Waals surface area contributed by atoms with E-state index in [9.17, 15) is 9.90 Å². The van der Waals surface area contributed by atoms with Crippen molar-refractivity contribution in [1.29, 1.82) is 0 Å². The normalized spacial score (nSPS) is 14.3. The highest BCUT2D eigenvalue weighted by Crippen LogP contribution is 2.37. The van der Waals surface area contributed by atoms with Crippen LogP contribution in [0.2, 0.25) is 0 Å². The van der Waals surface area contributed by atoms with Crippen molar-refractivity contribution in [1.82, 2.24) is 9.55 Å². The van der Waals surface area contributed by atoms with Crippen LogP contribution in [0.4, 0.5) is 0 Å². The summed E-state index contributed by atoms with van der Waals surface area (Å²) < 4.78 is 8.34. The second-order valence-electron chi connectivity index (χ2n) is 9.52. The summed E-state index contributed by atoms with van der Waals surface area (Å²) in [7, 11) is 0. The van der Waals surface area contributed by atoms with E-state index < -0.39 is 5.97 Å². The van der Waals surface area contributed by atoms with Gasteiger partial charge in [0.1, 0.15) is 11.6 Å². The molecule has 1 aromatic heterocycles. The van der Waals surface area contributed by atoms with Gasteiger partial charge in [0.15, 0.2) is 0 Å². The fourth-order valence-corrected chi connectivity index (χ4v) is 5.20. The number of rotatable bonds is 8. The van der Waals surface area contributed by atoms with Gasteiger partial charge in [0.05, 0.1) is 23.2 Å². The molecule has 180 valence electrons. The first-order valence-electron chi connectivity index (χ1n) is 12.6. The molecule has 0 atom stereocenters. The number of carboxylic acid groups (broad SMARTS) is 1. The lowest BCUT2D eigenvalue weighted by molar-refractivity contribution is 0.0696. The van der Waals surface area contributed by atoms with Crippen LogP contribution in [0.3, 0.4) is 0 Å². The Bertz CT molecular complexity index is 1300. The molecule has 35 heavy (non-hydrogen) atoms. The van der Waals surface area contributed by atoms with Crippen LogP contribution < -0.4 is 4.74 Å². The van der Waals surface area contributed by atoms with Crippen molar-refractivity contribution >= 4 is 17.0 Å². The number of aryl methyl sites for hydroxylation is 2. The van der Waals surface area contributed by atoms with Gasteiger partial charge in [0.2, 0.25) is 0 Å². The van der Waals surface area contributed by atoms with E-state index in [0.717, 1.165) is 59.4 Å². The highest BCUT2D eigenvalue weighted by molar-refractivity contribution is 5.95. The molecule has 1 aliphatic carbocycles. The second-order valence-corrected chi connectivity index (χ2v) is 9.52. The van der Waals surface area contributed by atoms with Gasteiger partial charge in [-0.3, -0.25) is 0 Å². The molecule has 5 rings (SSSR count). The van der Waals surface area contributed by atoms with Crippen LogP contribution in [0, 0.1) is 6.92 Å². The fourth-order valence-electron chi connectivity index (χ4n) is 5.20. The van der Waals surface area contributed by atoms with Crippen molar-refractivity contribution in [3.8, 4) is 17.1 Å². The minimum absolute atomic E-state index is 0.316. The molecule has 0 aliphatic heterocycles. The van der Waals surface area contributed by atoms with E-state index in [4.69, 9.17) is 9.72 Å². The summed E-state index contributed by atoms with van der Waals surface area (Å²) in [4.78, 5) is 16.6. The van der Waals surface area contributed by atoms with Crippen molar-refractivity contribution in [3.05, 3.63) is 83.4 Å². The quantitative estimate of drug-likeness (QED) is 0.277. The molecular formula is C30H32N2O3. The summed E-state index contributed by atoms with van der Waals surface area (Å²) in [5, 5.41) is 9.60. The van der Waals surface area contributed by atoms with Gasteiger partial charge in [-0.05, 0) is 80.1 Å². The summed E-state index contributed by atoms with van der Waals surface area (Å²) in [5.74, 6) is 0.850. The molecule has 0 unspecified atom stereocenters. The first-order valence-corrected chi connectivity index (χ1v) is 12.6. The lowest BCUT2D eigenvalue weighted by Crippen LogP contribution is -2.14. The third-order valence-electron chi connectivity index (χ3n) is 7.04. The number of imidazole rings is 1. The summed E-state index contributed by atoms with van der Waals surface area (Å²) in [5.41, 5.74) is 5.21. The molecule has 0 bridgehead atoms. The fraction of sp³-hybridized carbons (Fsp3) is 0.333. The third kappa shape index (κ3) is 5.09. The molecule has 0 saturated heterocycles. The first-order chi connectivity index (χ1) is 17.1. The van der Waals surface area contributed by atoms with Crippen LogP contribution in [0.1, 0.15) is 66.1 Å². The zero-order valence-electron chi connectivity index (χ0n) is 20.2. The van der Waals surface area contributed by atoms with Crippen LogP contribution >= 0.6 is 0 Å². The Morgan fingerprint density at radius 3 is 2.49 bits per heavy atom. The van der Waals surface area contributed by atoms with Gasteiger partial charge in [0.25, 0.3) is 0 Å². The van der Waals surface area contributed by atoms with Gasteiger partial charge in [0, 0.05) is 11.6 Å². The van der Waals surface area contributed by atoms with E-state index >= 15 is 0 Å². The standard InChI is InChI=1S/C30H32N2O3/c1-21-19-28-27(20-26(21)30(33)34)31-29(32(28)24-12-6-3-7-13-24)23-14-16-25(17-15-23)35-18-8-11-22-9-4-2-5-10-22/h2,4-5,9-10,14-17,19-20,24H,3,6-8,11-13,18H2,1H3,(H,33,34). The third-order valence-corrected chi connectivity index (χ3v) is 7.04. The number of fused-ring (bicyclic) bond motifs is 1. The lowest BCUT2D eigenvalue weighted by Gasteiger charge is -2.26. The Morgan fingerprint density at radius 1 is 1.03 bits per heavy atom. The number of carbonyl (C=O) groups is 1. The van der Waals surface area contributed by atoms with E-state index in [0.29, 0.717) is 18.2 Å². The Morgan fingerprint density at radius 2 is 1.77 bits per heavy atom. The lowest BCUT2D eigenvalue weighted by atomic mass is 9.94. The van der Waals surface area contributed by atoms with E-state index in [1.807, 2.05) is 31.2 Å². The van der Waals surface area contributed by atoms with Crippen molar-refractivity contribution in [3.63, 3.8) is 0 Å². The summed E-state index contributed by atoms with van der Waals surface area (Å²) in [6, 6.07) is 22.7. The van der Waals surface area contributed by atoms with E-state index in [-0.39, 0.29) is 0 Å². The van der Waals surface area contributed by atoms with E-state index in [1.165, 1.54) is 24.8 Å². The molecule has 1 heterocycles. The molecule has 4 aromatic rings. The molecular weight excluding hydrogens is 436 g/mol. The summed E-state index contributed by atoms with van der Waals surface area (Å²) >= 11 is 0. The number of hydrogen-bond acceptors (Lipinski definition) is 3. The van der Waals surface area contributed by atoms with Crippen LogP contribution in [0.15, 0.2) is 66.7 Å². The van der Waals surface area contributed by atoms with E-state index in [1.54, 1.807) is 6.07 Å². The number of aromatic nitrogens is 2. The highest BCUT2D eigenvalue weighted by atomic mass is 16.5. The number of carboxylic acids is 1. The maximum atomic E-state index is 11.7. The molecule has 1 saturated carbocycles. The van der Waals surface area contributed by atoms with Crippen molar-refractivity contribution < 1.29 is 14.6 Å². The predicted molar refractivity (Wildman–Crippen MR) is 139 cm³/mol. The molecule has 1 N–H and O–H groups in total. The van der Waals surface area contributed by atoms with Crippen molar-refractivity contribution in [2.45, 2.75) is 57.9 Å². The van der Waals surface area contributed by atoms with Crippen LogP contribution in [-0.2, 0) is 6.42 Å². The van der Waals surface area contributed by atoms with Crippen LogP contribution in [0.5, 0.6) is 5.75 Å². The van der Waals surface area contributed by atoms with Gasteiger partial charge in [-0.2, -0.15) is 0 Å². The summed E-state index contributed by atoms with van der Waals surface area (Å²) in [6.07, 6.45) is 7.92. The Labute approximate surface area is 206 Å². The topological polar surface area (TPSA) is 64.3 Å². The smallest absolute Gasteiger partial charge is 0.336 e. The Kier molecular flexibility index (Phi) is 6.84. The number of aromatic carboxylic acids is 1. The van der Waals surface area contributed by atoms with Gasteiger partial charge in [-0.25, -0.2) is 9.78 Å². The molecule has 1 aliphatic rings. The molecule has 5 heteroatoms. The number of nitrogens with zero attached hydrogens (tertiary/aromatic N) is 2. The van der Waals surface area contributed by atoms with Gasteiger partial charge < -0.3 is 14.4 Å². The highest BCUT2D eigenvalue weighted by Gasteiger charge is 2.23. The van der Waals surface area contributed by atoms with Gasteiger partial charge in [-0.15, -0.1) is 0 Å². The minimum atomic E-state index is -0.910. The van der Waals surface area contributed by atoms with Crippen LogP contribution in [0.25, 0.3) is 22.4 Å². The number of hydrogen-bond donors (Lipinski definition) is 1. The number of benzene rings is 3. The average molecular weight is 469 g/mol. The van der Waals surface area contributed by atoms with E-state index in [2.05, 4.69) is 41.0 Å². The van der Waals surface area contributed by atoms with Crippen LogP contribution in [-0.4, -0.2) is 27.2 Å². The van der Waals surface area contributed by atoms with Crippen molar-refractivity contribution in [2.24, 2.45) is 0 Å². The molecule has 5 nitrogen and oxygen atoms in total. The molecule has 3 aromatic carbocycles. The predicted octanol–water partition coefficient (Wildman–Crippen LogP) is 7.23. The monoisotopic (exact) mass is 468 g/mol. The molecule has 0 amide bonds. The summed E-state index contributed by atoms with van der Waals surface area (Å²) in [6.45, 7) is 2.54. The molecule has 0 spiro atoms. The second kappa shape index (κ2) is 10.3. The zero-order chi connectivity index (χ0) is 24.2. The average Bonchev–Trinajstić information content (AvgIpc) is 3.25. The maximum Gasteiger partial charge on any atom is 0.336 e. The maximum absolute atomic E-state index is 11.7. The first kappa shape index (κ1) is 23.2. The largest absolute Gasteiger partial charge is 0.494 e. The molecule has 0 radical (unpaired) electrons. The molecule has 1 fully saturated rings. The minimum Gasteiger partial charge on any atom is -0.494 e. The number of ether oxygens (including phenoxy) is 1. The Balaban J connectivity index is 1.39. The SMILES string of the molecule is Cc1cc2c(cc1C(=O)O)nc(-c1ccc(OCCCc3ccccc3)cc1)n2C1CCCCC1. The zero-order valence-corrected chi connectivity index (χ0v) is 20.2. The van der Waals surface area contributed by atoms with Crippen molar-refractivity contribution in [2.75, 3.05) is 6.61 Å². The van der Waals surface area contributed by atoms with Gasteiger partial charge in [-0.1, -0.05) is 49.6 Å². The Hall–Kier alpha value is -3.60.